The van der Waals surface area contributed by atoms with Crippen molar-refractivity contribution in [1.82, 2.24) is 0 Å². The van der Waals surface area contributed by atoms with E-state index in [4.69, 9.17) is 26.7 Å². The van der Waals surface area contributed by atoms with Gasteiger partial charge in [-0.1, -0.05) is 18.2 Å². The molecule has 0 aromatic heterocycles. The van der Waals surface area contributed by atoms with E-state index in [0.29, 0.717) is 26.1 Å². The Hall–Kier alpha value is -1.98. The van der Waals surface area contributed by atoms with Crippen molar-refractivity contribution in [3.8, 4) is 0 Å². The largest absolute Gasteiger partial charge is 0.494 e. The Bertz CT molecular complexity index is 554. The first-order valence-electron chi connectivity index (χ1n) is 6.96. The van der Waals surface area contributed by atoms with Crippen molar-refractivity contribution in [2.75, 3.05) is 26.1 Å². The van der Waals surface area contributed by atoms with Crippen LogP contribution in [0, 0.1) is 0 Å². The van der Waals surface area contributed by atoms with Crippen LogP contribution in [0.15, 0.2) is 47.9 Å². The molecule has 0 heterocycles. The van der Waals surface area contributed by atoms with Gasteiger partial charge in [0.15, 0.2) is 0 Å². The lowest BCUT2D eigenvalue weighted by molar-refractivity contribution is 0.0898. The molecule has 0 radical (unpaired) electrons. The first-order chi connectivity index (χ1) is 10.0. The van der Waals surface area contributed by atoms with Crippen LogP contribution in [-0.2, 0) is 15.9 Å². The first kappa shape index (κ1) is 15.4. The number of hydrogen-bond acceptors (Lipinski definition) is 5. The quantitative estimate of drug-likeness (QED) is 0.542. The van der Waals surface area contributed by atoms with Crippen molar-refractivity contribution in [1.29, 1.82) is 0 Å². The molecule has 0 aliphatic heterocycles. The number of para-hydroxylation sites is 1. The molecule has 1 aliphatic rings. The molecular weight excluding hydrogens is 266 g/mol. The molecule has 1 aromatic rings. The maximum Gasteiger partial charge on any atom is 0.117 e. The molecule has 1 aromatic carbocycles. The molecule has 0 bridgehead atoms. The summed E-state index contributed by atoms with van der Waals surface area (Å²) in [6, 6.07) is 7.70. The van der Waals surface area contributed by atoms with Crippen LogP contribution in [0.5, 0.6) is 0 Å². The highest BCUT2D eigenvalue weighted by Gasteiger charge is 2.34. The Morgan fingerprint density at radius 2 is 1.90 bits per heavy atom. The normalized spacial score (nSPS) is 21.6. The minimum absolute atomic E-state index is 0.458. The number of benzene rings is 1. The predicted molar refractivity (Wildman–Crippen MR) is 84.3 cm³/mol. The number of allylic oxidation sites excluding steroid dienone is 2. The van der Waals surface area contributed by atoms with Gasteiger partial charge in [0.25, 0.3) is 0 Å². The number of nitrogens with two attached hydrogens (primary N) is 3. The Kier molecular flexibility index (Phi) is 4.88. The number of hydrogen-bond donors (Lipinski definition) is 3. The zero-order valence-corrected chi connectivity index (χ0v) is 12.3. The van der Waals surface area contributed by atoms with Crippen LogP contribution in [0.1, 0.15) is 12.0 Å². The third kappa shape index (κ3) is 3.77. The van der Waals surface area contributed by atoms with Gasteiger partial charge in [-0.2, -0.15) is 0 Å². The van der Waals surface area contributed by atoms with Gasteiger partial charge >= 0.3 is 0 Å². The van der Waals surface area contributed by atoms with Crippen molar-refractivity contribution in [2.24, 2.45) is 11.5 Å². The number of ether oxygens (including phenoxy) is 2. The van der Waals surface area contributed by atoms with Crippen LogP contribution < -0.4 is 17.2 Å². The van der Waals surface area contributed by atoms with Gasteiger partial charge in [-0.25, -0.2) is 0 Å². The smallest absolute Gasteiger partial charge is 0.117 e. The molecule has 1 aliphatic carbocycles. The van der Waals surface area contributed by atoms with Crippen molar-refractivity contribution in [3.63, 3.8) is 0 Å². The summed E-state index contributed by atoms with van der Waals surface area (Å²) in [4.78, 5) is 0. The topological polar surface area (TPSA) is 96.5 Å². The van der Waals surface area contributed by atoms with Crippen LogP contribution in [-0.4, -0.2) is 25.9 Å². The Balaban J connectivity index is 2.19. The molecule has 0 fully saturated rings. The molecule has 5 heteroatoms. The van der Waals surface area contributed by atoms with Crippen LogP contribution in [0.4, 0.5) is 5.69 Å². The van der Waals surface area contributed by atoms with E-state index in [1.165, 1.54) is 0 Å². The van der Waals surface area contributed by atoms with Crippen molar-refractivity contribution in [3.05, 3.63) is 53.4 Å². The molecule has 1 atom stereocenters. The lowest BCUT2D eigenvalue weighted by Crippen LogP contribution is -2.47. The van der Waals surface area contributed by atoms with E-state index < -0.39 is 5.54 Å². The summed E-state index contributed by atoms with van der Waals surface area (Å²) in [5.74, 6) is 0.719. The molecule has 1 unspecified atom stereocenters. The summed E-state index contributed by atoms with van der Waals surface area (Å²) in [5.41, 5.74) is 20.3. The number of methoxy groups -OCH3 is 1. The molecule has 5 nitrogen and oxygen atoms in total. The SMILES string of the molecule is COCCOC1=CC=C(N)CC1(N)Cc1ccccc1N. The molecule has 6 N–H and O–H groups in total. The molecule has 0 saturated carbocycles. The van der Waals surface area contributed by atoms with Gasteiger partial charge in [0.2, 0.25) is 0 Å². The Morgan fingerprint density at radius 1 is 1.14 bits per heavy atom. The van der Waals surface area contributed by atoms with Crippen LogP contribution in [0.25, 0.3) is 0 Å². The van der Waals surface area contributed by atoms with E-state index in [1.807, 2.05) is 36.4 Å². The lowest BCUT2D eigenvalue weighted by atomic mass is 9.82. The third-order valence-corrected chi connectivity index (χ3v) is 3.57. The molecule has 2 rings (SSSR count). The van der Waals surface area contributed by atoms with Crippen molar-refractivity contribution in [2.45, 2.75) is 18.4 Å². The first-order valence-corrected chi connectivity index (χ1v) is 6.96. The second-order valence-electron chi connectivity index (χ2n) is 5.32. The van der Waals surface area contributed by atoms with Crippen LogP contribution in [0.2, 0.25) is 0 Å². The predicted octanol–water partition coefficient (Wildman–Crippen LogP) is 1.30. The highest BCUT2D eigenvalue weighted by Crippen LogP contribution is 2.31. The highest BCUT2D eigenvalue weighted by molar-refractivity contribution is 5.48. The second-order valence-corrected chi connectivity index (χ2v) is 5.32. The second kappa shape index (κ2) is 6.65. The zero-order chi connectivity index (χ0) is 15.3. The number of rotatable bonds is 6. The van der Waals surface area contributed by atoms with Gasteiger partial charge in [0, 0.05) is 24.9 Å². The average molecular weight is 289 g/mol. The van der Waals surface area contributed by atoms with Crippen LogP contribution in [0.3, 0.4) is 0 Å². The van der Waals surface area contributed by atoms with Crippen LogP contribution >= 0.6 is 0 Å². The fourth-order valence-electron chi connectivity index (χ4n) is 2.47. The van der Waals surface area contributed by atoms with E-state index in [-0.39, 0.29) is 0 Å². The maximum atomic E-state index is 6.57. The fraction of sp³-hybridized carbons (Fsp3) is 0.375. The molecule has 0 spiro atoms. The van der Waals surface area contributed by atoms with Gasteiger partial charge in [-0.15, -0.1) is 0 Å². The molecule has 21 heavy (non-hydrogen) atoms. The minimum Gasteiger partial charge on any atom is -0.494 e. The highest BCUT2D eigenvalue weighted by atomic mass is 16.5. The van der Waals surface area contributed by atoms with E-state index in [2.05, 4.69) is 0 Å². The average Bonchev–Trinajstić information content (AvgIpc) is 2.44. The summed E-state index contributed by atoms with van der Waals surface area (Å²) < 4.78 is 10.8. The van der Waals surface area contributed by atoms with Gasteiger partial charge in [-0.05, 0) is 30.2 Å². The lowest BCUT2D eigenvalue weighted by Gasteiger charge is -2.34. The summed E-state index contributed by atoms with van der Waals surface area (Å²) in [6.45, 7) is 0.972. The van der Waals surface area contributed by atoms with Gasteiger partial charge in [0.1, 0.15) is 12.4 Å². The minimum atomic E-state index is -0.679. The molecule has 0 amide bonds. The molecular formula is C16H23N3O2. The zero-order valence-electron chi connectivity index (χ0n) is 12.3. The van der Waals surface area contributed by atoms with E-state index >= 15 is 0 Å². The standard InChI is InChI=1S/C16H23N3O2/c1-20-8-9-21-15-7-6-13(17)11-16(15,19)10-12-4-2-3-5-14(12)18/h2-7H,8-11,17-19H2,1H3. The van der Waals surface area contributed by atoms with Crippen molar-refractivity contribution >= 4 is 5.69 Å². The molecule has 114 valence electrons. The fourth-order valence-corrected chi connectivity index (χ4v) is 2.47. The monoisotopic (exact) mass is 289 g/mol. The van der Waals surface area contributed by atoms with Gasteiger partial charge in [0.05, 0.1) is 12.1 Å². The van der Waals surface area contributed by atoms with Gasteiger partial charge < -0.3 is 26.7 Å². The van der Waals surface area contributed by atoms with Gasteiger partial charge in [-0.3, -0.25) is 0 Å². The summed E-state index contributed by atoms with van der Waals surface area (Å²) in [7, 11) is 1.64. The van der Waals surface area contributed by atoms with E-state index in [9.17, 15) is 0 Å². The Morgan fingerprint density at radius 3 is 2.62 bits per heavy atom. The molecule has 0 saturated heterocycles. The van der Waals surface area contributed by atoms with Crippen molar-refractivity contribution < 1.29 is 9.47 Å². The number of nitrogen functional groups attached to an aromatic ring is 1. The van der Waals surface area contributed by atoms with E-state index in [0.717, 1.165) is 22.7 Å². The maximum absolute atomic E-state index is 6.57. The third-order valence-electron chi connectivity index (χ3n) is 3.57. The number of anilines is 1. The summed E-state index contributed by atoms with van der Waals surface area (Å²) in [6.07, 6.45) is 4.79. The summed E-state index contributed by atoms with van der Waals surface area (Å²) >= 11 is 0. The summed E-state index contributed by atoms with van der Waals surface area (Å²) in [5, 5.41) is 0. The van der Waals surface area contributed by atoms with E-state index in [1.54, 1.807) is 7.11 Å². The Labute approximate surface area is 125 Å².